The van der Waals surface area contributed by atoms with E-state index in [1.165, 1.54) is 0 Å². The number of amides is 1. The molecule has 2 aromatic rings. The number of hydrogen-bond donors (Lipinski definition) is 2. The van der Waals surface area contributed by atoms with Gasteiger partial charge in [0, 0.05) is 42.7 Å². The molecule has 2 heterocycles. The Balaban J connectivity index is 0.00000300. The van der Waals surface area contributed by atoms with Crippen molar-refractivity contribution < 1.29 is 9.21 Å². The molecule has 1 fully saturated rings. The molecule has 0 unspecified atom stereocenters. The van der Waals surface area contributed by atoms with Gasteiger partial charge in [0.15, 0.2) is 5.96 Å². The quantitative estimate of drug-likeness (QED) is 0.352. The number of carbonyl (C=O) groups is 1. The number of benzene rings is 1. The molecule has 0 atom stereocenters. The SMILES string of the molecule is CN=C(NCc1cccc(C(=O)NCc2ccco2)c1)N1CCSC(C)(C)C1.I. The van der Waals surface area contributed by atoms with E-state index in [0.29, 0.717) is 18.7 Å². The van der Waals surface area contributed by atoms with Gasteiger partial charge in [0.1, 0.15) is 5.76 Å². The number of hydrogen-bond acceptors (Lipinski definition) is 4. The lowest BCUT2D eigenvalue weighted by atomic mass is 10.1. The molecular formula is C21H29IN4O2S. The number of aliphatic imine (C=N–C) groups is 1. The molecule has 0 saturated carbocycles. The van der Waals surface area contributed by atoms with Crippen LogP contribution in [-0.2, 0) is 13.1 Å². The Morgan fingerprint density at radius 1 is 1.24 bits per heavy atom. The summed E-state index contributed by atoms with van der Waals surface area (Å²) in [5.74, 6) is 2.62. The van der Waals surface area contributed by atoms with Crippen molar-refractivity contribution in [3.63, 3.8) is 0 Å². The average Bonchev–Trinajstić information content (AvgIpc) is 3.20. The van der Waals surface area contributed by atoms with E-state index in [1.54, 1.807) is 6.26 Å². The number of carbonyl (C=O) groups excluding carboxylic acids is 1. The van der Waals surface area contributed by atoms with Crippen LogP contribution in [0.25, 0.3) is 0 Å². The van der Waals surface area contributed by atoms with E-state index >= 15 is 0 Å². The molecule has 0 radical (unpaired) electrons. The van der Waals surface area contributed by atoms with Gasteiger partial charge < -0.3 is 20.0 Å². The third-order valence-electron chi connectivity index (χ3n) is 4.58. The number of rotatable bonds is 5. The second kappa shape index (κ2) is 10.9. The number of furan rings is 1. The lowest BCUT2D eigenvalue weighted by Crippen LogP contribution is -2.50. The van der Waals surface area contributed by atoms with Gasteiger partial charge in [-0.05, 0) is 43.7 Å². The zero-order valence-electron chi connectivity index (χ0n) is 17.1. The largest absolute Gasteiger partial charge is 0.467 e. The van der Waals surface area contributed by atoms with Crippen LogP contribution in [-0.4, -0.2) is 47.4 Å². The molecule has 3 rings (SSSR count). The minimum atomic E-state index is -0.113. The Kier molecular flexibility index (Phi) is 8.88. The van der Waals surface area contributed by atoms with Crippen molar-refractivity contribution in [3.8, 4) is 0 Å². The highest BCUT2D eigenvalue weighted by Crippen LogP contribution is 2.29. The lowest BCUT2D eigenvalue weighted by Gasteiger charge is -2.39. The van der Waals surface area contributed by atoms with Crippen LogP contribution in [0.4, 0.5) is 0 Å². The molecule has 1 aromatic heterocycles. The van der Waals surface area contributed by atoms with Gasteiger partial charge in [0.2, 0.25) is 0 Å². The molecule has 1 aliphatic heterocycles. The Hall–Kier alpha value is -1.68. The Morgan fingerprint density at radius 2 is 2.07 bits per heavy atom. The standard InChI is InChI=1S/C21H28N4O2S.HI/c1-21(2)15-25(9-11-28-21)20(22-3)24-13-16-6-4-7-17(12-16)19(26)23-14-18-8-5-10-27-18;/h4-8,10,12H,9,11,13-15H2,1-3H3,(H,22,24)(H,23,26);1H. The molecule has 1 aromatic carbocycles. The summed E-state index contributed by atoms with van der Waals surface area (Å²) >= 11 is 2.00. The van der Waals surface area contributed by atoms with Gasteiger partial charge in [-0.1, -0.05) is 12.1 Å². The van der Waals surface area contributed by atoms with Crippen molar-refractivity contribution >= 4 is 47.6 Å². The fourth-order valence-electron chi connectivity index (χ4n) is 3.22. The van der Waals surface area contributed by atoms with Gasteiger partial charge in [0.05, 0.1) is 12.8 Å². The van der Waals surface area contributed by atoms with E-state index in [9.17, 15) is 4.79 Å². The Bertz CT molecular complexity index is 824. The van der Waals surface area contributed by atoms with Crippen molar-refractivity contribution in [2.45, 2.75) is 31.7 Å². The molecule has 0 bridgehead atoms. The monoisotopic (exact) mass is 528 g/mol. The van der Waals surface area contributed by atoms with Gasteiger partial charge >= 0.3 is 0 Å². The summed E-state index contributed by atoms with van der Waals surface area (Å²) in [7, 11) is 1.82. The van der Waals surface area contributed by atoms with Crippen LogP contribution in [0.1, 0.15) is 35.5 Å². The highest BCUT2D eigenvalue weighted by Gasteiger charge is 2.28. The second-order valence-corrected chi connectivity index (χ2v) is 9.19. The van der Waals surface area contributed by atoms with Crippen molar-refractivity contribution in [2.75, 3.05) is 25.9 Å². The molecule has 1 saturated heterocycles. The van der Waals surface area contributed by atoms with Crippen LogP contribution in [0.2, 0.25) is 0 Å². The van der Waals surface area contributed by atoms with E-state index in [4.69, 9.17) is 4.42 Å². The van der Waals surface area contributed by atoms with E-state index < -0.39 is 0 Å². The predicted molar refractivity (Wildman–Crippen MR) is 130 cm³/mol. The summed E-state index contributed by atoms with van der Waals surface area (Å²) in [5, 5.41) is 6.31. The van der Waals surface area contributed by atoms with E-state index in [2.05, 4.69) is 34.4 Å². The van der Waals surface area contributed by atoms with Gasteiger partial charge in [-0.3, -0.25) is 9.79 Å². The van der Waals surface area contributed by atoms with Crippen LogP contribution in [0.15, 0.2) is 52.1 Å². The van der Waals surface area contributed by atoms with Crippen molar-refractivity contribution in [3.05, 3.63) is 59.5 Å². The number of thioether (sulfide) groups is 1. The van der Waals surface area contributed by atoms with E-state index in [0.717, 1.165) is 36.1 Å². The molecule has 0 spiro atoms. The van der Waals surface area contributed by atoms with Crippen molar-refractivity contribution in [1.29, 1.82) is 0 Å². The Labute approximate surface area is 193 Å². The predicted octanol–water partition coefficient (Wildman–Crippen LogP) is 3.73. The summed E-state index contributed by atoms with van der Waals surface area (Å²) in [4.78, 5) is 19.1. The number of nitrogens with one attached hydrogen (secondary N) is 2. The third kappa shape index (κ3) is 6.95. The van der Waals surface area contributed by atoms with Gasteiger partial charge in [-0.15, -0.1) is 24.0 Å². The number of nitrogens with zero attached hydrogens (tertiary/aromatic N) is 2. The van der Waals surface area contributed by atoms with Crippen LogP contribution >= 0.6 is 35.7 Å². The number of guanidine groups is 1. The summed E-state index contributed by atoms with van der Waals surface area (Å²) in [6, 6.07) is 11.3. The first kappa shape index (κ1) is 23.6. The smallest absolute Gasteiger partial charge is 0.251 e. The third-order valence-corrected chi connectivity index (χ3v) is 5.88. The molecule has 2 N–H and O–H groups in total. The van der Waals surface area contributed by atoms with Crippen LogP contribution in [0.5, 0.6) is 0 Å². The topological polar surface area (TPSA) is 69.9 Å². The molecule has 8 heteroatoms. The fraction of sp³-hybridized carbons (Fsp3) is 0.429. The summed E-state index contributed by atoms with van der Waals surface area (Å²) in [6.45, 7) is 7.49. The molecule has 1 aliphatic rings. The van der Waals surface area contributed by atoms with Crippen LogP contribution in [0.3, 0.4) is 0 Å². The average molecular weight is 528 g/mol. The maximum absolute atomic E-state index is 12.4. The molecular weight excluding hydrogens is 499 g/mol. The first-order valence-corrected chi connectivity index (χ1v) is 10.4. The van der Waals surface area contributed by atoms with Gasteiger partial charge in [0.25, 0.3) is 5.91 Å². The van der Waals surface area contributed by atoms with Gasteiger partial charge in [-0.25, -0.2) is 0 Å². The number of halogens is 1. The lowest BCUT2D eigenvalue weighted by molar-refractivity contribution is 0.0948. The van der Waals surface area contributed by atoms with Gasteiger partial charge in [-0.2, -0.15) is 11.8 Å². The van der Waals surface area contributed by atoms with Crippen molar-refractivity contribution in [1.82, 2.24) is 15.5 Å². The van der Waals surface area contributed by atoms with E-state index in [-0.39, 0.29) is 34.6 Å². The minimum Gasteiger partial charge on any atom is -0.467 e. The molecule has 158 valence electrons. The normalized spacial score (nSPS) is 16.1. The fourth-order valence-corrected chi connectivity index (χ4v) is 4.33. The summed E-state index contributed by atoms with van der Waals surface area (Å²) in [6.07, 6.45) is 1.60. The zero-order valence-corrected chi connectivity index (χ0v) is 20.3. The first-order chi connectivity index (χ1) is 13.5. The van der Waals surface area contributed by atoms with Crippen LogP contribution in [0, 0.1) is 0 Å². The maximum atomic E-state index is 12.4. The first-order valence-electron chi connectivity index (χ1n) is 9.46. The summed E-state index contributed by atoms with van der Waals surface area (Å²) < 4.78 is 5.47. The molecule has 1 amide bonds. The van der Waals surface area contributed by atoms with Crippen LogP contribution < -0.4 is 10.6 Å². The zero-order chi connectivity index (χ0) is 20.0. The highest BCUT2D eigenvalue weighted by atomic mass is 127. The molecule has 6 nitrogen and oxygen atoms in total. The maximum Gasteiger partial charge on any atom is 0.251 e. The van der Waals surface area contributed by atoms with Crippen molar-refractivity contribution in [2.24, 2.45) is 4.99 Å². The Morgan fingerprint density at radius 3 is 2.76 bits per heavy atom. The molecule has 0 aliphatic carbocycles. The molecule has 29 heavy (non-hydrogen) atoms. The highest BCUT2D eigenvalue weighted by molar-refractivity contribution is 14.0. The van der Waals surface area contributed by atoms with E-state index in [1.807, 2.05) is 55.2 Å². The summed E-state index contributed by atoms with van der Waals surface area (Å²) in [5.41, 5.74) is 1.67. The minimum absolute atomic E-state index is 0. The second-order valence-electron chi connectivity index (χ2n) is 7.39.